The van der Waals surface area contributed by atoms with E-state index in [-0.39, 0.29) is 17.7 Å². The summed E-state index contributed by atoms with van der Waals surface area (Å²) >= 11 is 7.35. The van der Waals surface area contributed by atoms with Crippen molar-refractivity contribution in [1.29, 1.82) is 0 Å². The number of nitrogens with zero attached hydrogens (tertiary/aromatic N) is 2. The lowest BCUT2D eigenvalue weighted by molar-refractivity contribution is -0.118. The van der Waals surface area contributed by atoms with E-state index < -0.39 is 6.04 Å². The Morgan fingerprint density at radius 3 is 2.54 bits per heavy atom. The molecule has 0 aliphatic carbocycles. The van der Waals surface area contributed by atoms with Crippen molar-refractivity contribution in [2.24, 2.45) is 5.92 Å². The highest BCUT2D eigenvalue weighted by Crippen LogP contribution is 2.18. The van der Waals surface area contributed by atoms with E-state index in [4.69, 9.17) is 11.6 Å². The van der Waals surface area contributed by atoms with Crippen LogP contribution < -0.4 is 10.6 Å². The first-order chi connectivity index (χ1) is 11.4. The highest BCUT2D eigenvalue weighted by atomic mass is 35.5. The van der Waals surface area contributed by atoms with Crippen molar-refractivity contribution < 1.29 is 9.59 Å². The summed E-state index contributed by atoms with van der Waals surface area (Å²) in [7, 11) is 0. The molecule has 1 atom stereocenters. The van der Waals surface area contributed by atoms with Gasteiger partial charge in [0.1, 0.15) is 11.0 Å². The van der Waals surface area contributed by atoms with Crippen molar-refractivity contribution in [3.8, 4) is 0 Å². The van der Waals surface area contributed by atoms with Gasteiger partial charge in [-0.3, -0.25) is 14.9 Å². The molecule has 0 saturated carbocycles. The van der Waals surface area contributed by atoms with Crippen molar-refractivity contribution in [2.75, 3.05) is 5.32 Å². The van der Waals surface area contributed by atoms with Crippen LogP contribution in [0.4, 0.5) is 5.13 Å². The summed E-state index contributed by atoms with van der Waals surface area (Å²) in [5.74, 6) is -0.819. The lowest BCUT2D eigenvalue weighted by atomic mass is 10.0. The first-order valence-corrected chi connectivity index (χ1v) is 8.80. The number of halogens is 1. The molecule has 0 fully saturated rings. The summed E-state index contributed by atoms with van der Waals surface area (Å²) < 4.78 is 0. The van der Waals surface area contributed by atoms with E-state index >= 15 is 0 Å². The standard InChI is InChI=1S/C16H19ClN4O2S/c1-4-12-20-21-16(24-12)19-15(23)13(9(2)3)18-14(22)10-7-5-6-8-11(10)17/h5-9,13H,4H2,1-3H3,(H,18,22)(H,19,21,23)/t13-/m0/s1. The number of hydrogen-bond donors (Lipinski definition) is 2. The first kappa shape index (κ1) is 18.4. The fraction of sp³-hybridized carbons (Fsp3) is 0.375. The molecule has 0 aliphatic heterocycles. The number of hydrogen-bond acceptors (Lipinski definition) is 5. The smallest absolute Gasteiger partial charge is 0.253 e. The number of carbonyl (C=O) groups is 2. The summed E-state index contributed by atoms with van der Waals surface area (Å²) in [6, 6.07) is 6.01. The second-order valence-corrected chi connectivity index (χ2v) is 6.99. The van der Waals surface area contributed by atoms with Crippen LogP contribution in [-0.2, 0) is 11.2 Å². The van der Waals surface area contributed by atoms with Crippen molar-refractivity contribution >= 4 is 39.9 Å². The molecule has 6 nitrogen and oxygen atoms in total. The number of rotatable bonds is 6. The lowest BCUT2D eigenvalue weighted by Gasteiger charge is -2.21. The molecule has 8 heteroatoms. The van der Waals surface area contributed by atoms with Crippen LogP contribution in [0.3, 0.4) is 0 Å². The fourth-order valence-electron chi connectivity index (χ4n) is 2.03. The zero-order chi connectivity index (χ0) is 17.7. The Balaban J connectivity index is 2.09. The number of amides is 2. The second-order valence-electron chi connectivity index (χ2n) is 5.52. The Morgan fingerprint density at radius 2 is 1.96 bits per heavy atom. The van der Waals surface area contributed by atoms with Crippen LogP contribution in [-0.4, -0.2) is 28.1 Å². The van der Waals surface area contributed by atoms with Gasteiger partial charge in [0.25, 0.3) is 5.91 Å². The molecule has 1 aromatic carbocycles. The van der Waals surface area contributed by atoms with Crippen LogP contribution in [0.25, 0.3) is 0 Å². The number of aromatic nitrogens is 2. The van der Waals surface area contributed by atoms with Crippen LogP contribution in [0.5, 0.6) is 0 Å². The molecular weight excluding hydrogens is 348 g/mol. The van der Waals surface area contributed by atoms with Crippen LogP contribution in [0.15, 0.2) is 24.3 Å². The van der Waals surface area contributed by atoms with Crippen molar-refractivity contribution in [2.45, 2.75) is 33.2 Å². The Labute approximate surface area is 149 Å². The molecule has 0 radical (unpaired) electrons. The van der Waals surface area contributed by atoms with Crippen molar-refractivity contribution in [1.82, 2.24) is 15.5 Å². The van der Waals surface area contributed by atoms with Gasteiger partial charge in [0, 0.05) is 0 Å². The van der Waals surface area contributed by atoms with Crippen LogP contribution in [0, 0.1) is 5.92 Å². The topological polar surface area (TPSA) is 84.0 Å². The van der Waals surface area contributed by atoms with Gasteiger partial charge in [-0.15, -0.1) is 10.2 Å². The highest BCUT2D eigenvalue weighted by Gasteiger charge is 2.26. The molecule has 24 heavy (non-hydrogen) atoms. The highest BCUT2D eigenvalue weighted by molar-refractivity contribution is 7.15. The van der Waals surface area contributed by atoms with Gasteiger partial charge in [-0.05, 0) is 24.5 Å². The SMILES string of the molecule is CCc1nnc(NC(=O)[C@@H](NC(=O)c2ccccc2Cl)C(C)C)s1. The second kappa shape index (κ2) is 8.21. The van der Waals surface area contributed by atoms with E-state index in [0.717, 1.165) is 11.4 Å². The Hall–Kier alpha value is -1.99. The zero-order valence-corrected chi connectivity index (χ0v) is 15.2. The van der Waals surface area contributed by atoms with Gasteiger partial charge in [0.2, 0.25) is 11.0 Å². The van der Waals surface area contributed by atoms with E-state index in [1.807, 2.05) is 20.8 Å². The molecule has 2 N–H and O–H groups in total. The Bertz CT molecular complexity index is 732. The summed E-state index contributed by atoms with van der Waals surface area (Å²) in [5.41, 5.74) is 0.335. The molecule has 2 rings (SSSR count). The number of aryl methyl sites for hydroxylation is 1. The molecule has 0 aliphatic rings. The average molecular weight is 367 g/mol. The molecule has 0 spiro atoms. The molecule has 1 heterocycles. The number of benzene rings is 1. The Morgan fingerprint density at radius 1 is 1.25 bits per heavy atom. The zero-order valence-electron chi connectivity index (χ0n) is 13.7. The van der Waals surface area contributed by atoms with Crippen molar-refractivity contribution in [3.63, 3.8) is 0 Å². The summed E-state index contributed by atoms with van der Waals surface area (Å²) in [5, 5.41) is 14.9. The average Bonchev–Trinajstić information content (AvgIpc) is 3.00. The van der Waals surface area contributed by atoms with Gasteiger partial charge in [0.15, 0.2) is 0 Å². The van der Waals surface area contributed by atoms with E-state index in [0.29, 0.717) is 15.7 Å². The molecule has 0 unspecified atom stereocenters. The van der Waals surface area contributed by atoms with Gasteiger partial charge >= 0.3 is 0 Å². The third-order valence-electron chi connectivity index (χ3n) is 3.35. The first-order valence-electron chi connectivity index (χ1n) is 7.61. The lowest BCUT2D eigenvalue weighted by Crippen LogP contribution is -2.47. The third kappa shape index (κ3) is 4.52. The Kier molecular flexibility index (Phi) is 6.28. The minimum atomic E-state index is -0.706. The van der Waals surface area contributed by atoms with Gasteiger partial charge in [0.05, 0.1) is 10.6 Å². The largest absolute Gasteiger partial charge is 0.340 e. The molecular formula is C16H19ClN4O2S. The maximum absolute atomic E-state index is 12.5. The van der Waals surface area contributed by atoms with Gasteiger partial charge < -0.3 is 5.32 Å². The predicted octanol–water partition coefficient (Wildman–Crippen LogP) is 3.15. The van der Waals surface area contributed by atoms with Gasteiger partial charge in [-0.2, -0.15) is 0 Å². The van der Waals surface area contributed by atoms with E-state index in [2.05, 4.69) is 20.8 Å². The van der Waals surface area contributed by atoms with Gasteiger partial charge in [-0.25, -0.2) is 0 Å². The molecule has 128 valence electrons. The van der Waals surface area contributed by atoms with Gasteiger partial charge in [-0.1, -0.05) is 55.8 Å². The molecule has 0 bridgehead atoms. The van der Waals surface area contributed by atoms with Crippen molar-refractivity contribution in [3.05, 3.63) is 39.9 Å². The normalized spacial score (nSPS) is 12.0. The van der Waals surface area contributed by atoms with Crippen LogP contribution in [0.2, 0.25) is 5.02 Å². The van der Waals surface area contributed by atoms with E-state index in [9.17, 15) is 9.59 Å². The van der Waals surface area contributed by atoms with E-state index in [1.165, 1.54) is 11.3 Å². The summed E-state index contributed by atoms with van der Waals surface area (Å²) in [6.45, 7) is 5.68. The maximum Gasteiger partial charge on any atom is 0.253 e. The minimum absolute atomic E-state index is 0.102. The number of anilines is 1. The number of nitrogens with one attached hydrogen (secondary N) is 2. The third-order valence-corrected chi connectivity index (χ3v) is 4.67. The monoisotopic (exact) mass is 366 g/mol. The number of carbonyl (C=O) groups excluding carboxylic acids is 2. The van der Waals surface area contributed by atoms with Crippen LogP contribution >= 0.6 is 22.9 Å². The van der Waals surface area contributed by atoms with E-state index in [1.54, 1.807) is 24.3 Å². The maximum atomic E-state index is 12.5. The quantitative estimate of drug-likeness (QED) is 0.822. The molecule has 2 amide bonds. The molecule has 2 aromatic rings. The fourth-order valence-corrected chi connectivity index (χ4v) is 2.93. The summed E-state index contributed by atoms with van der Waals surface area (Å²) in [4.78, 5) is 24.9. The van der Waals surface area contributed by atoms with Crippen LogP contribution in [0.1, 0.15) is 36.1 Å². The predicted molar refractivity (Wildman–Crippen MR) is 95.5 cm³/mol. The minimum Gasteiger partial charge on any atom is -0.340 e. The molecule has 0 saturated heterocycles. The summed E-state index contributed by atoms with van der Waals surface area (Å²) in [6.07, 6.45) is 0.754. The molecule has 1 aromatic heterocycles.